The molecule has 1 atom stereocenters. The number of nitrogens with zero attached hydrogens (tertiary/aromatic N) is 1. The van der Waals surface area contributed by atoms with E-state index < -0.39 is 0 Å². The zero-order valence-corrected chi connectivity index (χ0v) is 12.9. The van der Waals surface area contributed by atoms with Crippen LogP contribution in [0.15, 0.2) is 22.7 Å². The lowest BCUT2D eigenvalue weighted by molar-refractivity contribution is 0.0676. The molecule has 0 aliphatic carbocycles. The Labute approximate surface area is 122 Å². The van der Waals surface area contributed by atoms with E-state index in [4.69, 9.17) is 0 Å². The number of hydrogen-bond acceptors (Lipinski definition) is 2. The van der Waals surface area contributed by atoms with Gasteiger partial charge in [0.2, 0.25) is 0 Å². The summed E-state index contributed by atoms with van der Waals surface area (Å²) in [7, 11) is 0. The van der Waals surface area contributed by atoms with Crippen LogP contribution in [0.5, 0.6) is 0 Å². The van der Waals surface area contributed by atoms with Crippen LogP contribution in [0.25, 0.3) is 0 Å². The maximum atomic E-state index is 12.4. The molecule has 2 rings (SSSR count). The quantitative estimate of drug-likeness (QED) is 0.763. The molecule has 0 saturated carbocycles. The number of likely N-dealkylation sites (tertiary alicyclic amines) is 1. The van der Waals surface area contributed by atoms with E-state index in [-0.39, 0.29) is 18.6 Å². The highest BCUT2D eigenvalue weighted by Crippen LogP contribution is 2.24. The molecule has 1 aliphatic heterocycles. The number of amides is 1. The first kappa shape index (κ1) is 13.3. The molecule has 1 fully saturated rings. The fourth-order valence-electron chi connectivity index (χ4n) is 2.11. The maximum Gasteiger partial charge on any atom is 0.255 e. The third-order valence-corrected chi connectivity index (χ3v) is 4.44. The first-order valence-corrected chi connectivity index (χ1v) is 7.37. The molecule has 1 aromatic carbocycles. The van der Waals surface area contributed by atoms with Gasteiger partial charge in [-0.05, 0) is 53.6 Å². The molecule has 1 N–H and O–H groups in total. The van der Waals surface area contributed by atoms with Crippen molar-refractivity contribution >= 4 is 44.4 Å². The summed E-state index contributed by atoms with van der Waals surface area (Å²) in [6.45, 7) is 0.795. The minimum Gasteiger partial charge on any atom is -0.394 e. The van der Waals surface area contributed by atoms with E-state index in [2.05, 4.69) is 38.5 Å². The van der Waals surface area contributed by atoms with Gasteiger partial charge in [0.15, 0.2) is 0 Å². The van der Waals surface area contributed by atoms with Crippen molar-refractivity contribution in [2.75, 3.05) is 13.2 Å². The molecule has 1 aromatic rings. The molecule has 0 spiro atoms. The number of benzene rings is 1. The molecule has 1 amide bonds. The predicted molar refractivity (Wildman–Crippen MR) is 78.0 cm³/mol. The molecule has 0 radical (unpaired) electrons. The minimum absolute atomic E-state index is 0.0164. The molecule has 0 aromatic heterocycles. The van der Waals surface area contributed by atoms with Gasteiger partial charge in [0.05, 0.1) is 18.2 Å². The molecule has 0 bridgehead atoms. The summed E-state index contributed by atoms with van der Waals surface area (Å²) in [5.41, 5.74) is 0.709. The average molecular weight is 410 g/mol. The number of rotatable bonds is 2. The predicted octanol–water partition coefficient (Wildman–Crippen LogP) is 2.65. The third kappa shape index (κ3) is 2.82. The third-order valence-electron chi connectivity index (χ3n) is 3.01. The Kier molecular flexibility index (Phi) is 4.43. The lowest BCUT2D eigenvalue weighted by Gasteiger charge is -2.23. The van der Waals surface area contributed by atoms with Crippen molar-refractivity contribution in [1.29, 1.82) is 0 Å². The van der Waals surface area contributed by atoms with E-state index in [0.717, 1.165) is 27.4 Å². The second-order valence-corrected chi connectivity index (χ2v) is 6.18. The zero-order valence-electron chi connectivity index (χ0n) is 9.20. The molecule has 1 unspecified atom stereocenters. The Morgan fingerprint density at radius 1 is 1.59 bits per heavy atom. The Morgan fingerprint density at radius 2 is 2.35 bits per heavy atom. The van der Waals surface area contributed by atoms with Gasteiger partial charge in [-0.2, -0.15) is 0 Å². The number of halogens is 2. The van der Waals surface area contributed by atoms with Crippen LogP contribution in [0.1, 0.15) is 23.2 Å². The van der Waals surface area contributed by atoms with Crippen molar-refractivity contribution < 1.29 is 9.90 Å². The second-order valence-electron chi connectivity index (χ2n) is 4.10. The first-order valence-electron chi connectivity index (χ1n) is 5.50. The van der Waals surface area contributed by atoms with Gasteiger partial charge in [-0.15, -0.1) is 0 Å². The van der Waals surface area contributed by atoms with Crippen LogP contribution >= 0.6 is 38.5 Å². The maximum absolute atomic E-state index is 12.4. The zero-order chi connectivity index (χ0) is 12.4. The standard InChI is InChI=1S/C12H13BrINO2/c13-8-3-4-11(14)10(6-8)12(17)15-5-1-2-9(15)7-16/h3-4,6,9,16H,1-2,5,7H2. The molecular weight excluding hydrogens is 397 g/mol. The van der Waals surface area contributed by atoms with Gasteiger partial charge in [0.1, 0.15) is 0 Å². The van der Waals surface area contributed by atoms with Crippen molar-refractivity contribution in [1.82, 2.24) is 4.90 Å². The van der Waals surface area contributed by atoms with E-state index in [1.165, 1.54) is 0 Å². The first-order chi connectivity index (χ1) is 8.13. The summed E-state index contributed by atoms with van der Waals surface area (Å²) >= 11 is 5.55. The highest BCUT2D eigenvalue weighted by atomic mass is 127. The Hall–Kier alpha value is -0.140. The minimum atomic E-state index is -0.0164. The monoisotopic (exact) mass is 409 g/mol. The van der Waals surface area contributed by atoms with E-state index in [1.807, 2.05) is 18.2 Å². The van der Waals surface area contributed by atoms with Gasteiger partial charge in [0, 0.05) is 14.6 Å². The molecule has 3 nitrogen and oxygen atoms in total. The number of aliphatic hydroxyl groups excluding tert-OH is 1. The van der Waals surface area contributed by atoms with Crippen LogP contribution in [-0.2, 0) is 0 Å². The number of hydrogen-bond donors (Lipinski definition) is 1. The van der Waals surface area contributed by atoms with Crippen LogP contribution in [0, 0.1) is 3.57 Å². The van der Waals surface area contributed by atoms with E-state index >= 15 is 0 Å². The van der Waals surface area contributed by atoms with Crippen LogP contribution < -0.4 is 0 Å². The van der Waals surface area contributed by atoms with Crippen molar-refractivity contribution in [2.45, 2.75) is 18.9 Å². The van der Waals surface area contributed by atoms with Crippen molar-refractivity contribution in [3.63, 3.8) is 0 Å². The van der Waals surface area contributed by atoms with Crippen LogP contribution in [0.4, 0.5) is 0 Å². The van der Waals surface area contributed by atoms with E-state index in [0.29, 0.717) is 5.56 Å². The molecule has 1 saturated heterocycles. The molecular formula is C12H13BrINO2. The molecule has 92 valence electrons. The summed E-state index contributed by atoms with van der Waals surface area (Å²) in [5, 5.41) is 9.25. The van der Waals surface area contributed by atoms with Crippen LogP contribution in [-0.4, -0.2) is 35.1 Å². The molecule has 5 heteroatoms. The summed E-state index contributed by atoms with van der Waals surface area (Å²) in [6.07, 6.45) is 1.87. The Morgan fingerprint density at radius 3 is 3.06 bits per heavy atom. The van der Waals surface area contributed by atoms with E-state index in [1.54, 1.807) is 4.90 Å². The van der Waals surface area contributed by atoms with Gasteiger partial charge in [-0.3, -0.25) is 4.79 Å². The normalized spacial score (nSPS) is 19.7. The Bertz CT molecular complexity index is 439. The lowest BCUT2D eigenvalue weighted by Crippen LogP contribution is -2.37. The fraction of sp³-hybridized carbons (Fsp3) is 0.417. The number of carbonyl (C=O) groups excluding carboxylic acids is 1. The lowest BCUT2D eigenvalue weighted by atomic mass is 10.2. The smallest absolute Gasteiger partial charge is 0.255 e. The molecule has 1 heterocycles. The highest BCUT2D eigenvalue weighted by molar-refractivity contribution is 14.1. The van der Waals surface area contributed by atoms with Gasteiger partial charge < -0.3 is 10.0 Å². The highest BCUT2D eigenvalue weighted by Gasteiger charge is 2.29. The molecule has 17 heavy (non-hydrogen) atoms. The fourth-order valence-corrected chi connectivity index (χ4v) is 3.04. The van der Waals surface area contributed by atoms with Crippen LogP contribution in [0.2, 0.25) is 0 Å². The van der Waals surface area contributed by atoms with Gasteiger partial charge in [0.25, 0.3) is 5.91 Å². The number of aliphatic hydroxyl groups is 1. The van der Waals surface area contributed by atoms with Crippen molar-refractivity contribution in [3.8, 4) is 0 Å². The summed E-state index contributed by atoms with van der Waals surface area (Å²) < 4.78 is 1.85. The van der Waals surface area contributed by atoms with Crippen molar-refractivity contribution in [2.24, 2.45) is 0 Å². The topological polar surface area (TPSA) is 40.5 Å². The van der Waals surface area contributed by atoms with Gasteiger partial charge >= 0.3 is 0 Å². The van der Waals surface area contributed by atoms with Crippen molar-refractivity contribution in [3.05, 3.63) is 31.8 Å². The summed E-state index contributed by atoms with van der Waals surface area (Å²) in [4.78, 5) is 14.2. The van der Waals surface area contributed by atoms with Crippen LogP contribution in [0.3, 0.4) is 0 Å². The van der Waals surface area contributed by atoms with Gasteiger partial charge in [-0.25, -0.2) is 0 Å². The second kappa shape index (κ2) is 5.67. The summed E-state index contributed by atoms with van der Waals surface area (Å²) in [5.74, 6) is 0.0206. The number of carbonyl (C=O) groups is 1. The largest absolute Gasteiger partial charge is 0.394 e. The average Bonchev–Trinajstić information content (AvgIpc) is 2.79. The Balaban J connectivity index is 2.27. The summed E-state index contributed by atoms with van der Waals surface area (Å²) in [6, 6.07) is 5.67. The van der Waals surface area contributed by atoms with Gasteiger partial charge in [-0.1, -0.05) is 15.9 Å². The molecule has 1 aliphatic rings. The van der Waals surface area contributed by atoms with E-state index in [9.17, 15) is 9.90 Å². The SMILES string of the molecule is O=C(c1cc(Br)ccc1I)N1CCCC1CO.